The van der Waals surface area contributed by atoms with Gasteiger partial charge in [0, 0.05) is 32.0 Å². The van der Waals surface area contributed by atoms with E-state index in [1.807, 2.05) is 0 Å². The summed E-state index contributed by atoms with van der Waals surface area (Å²) < 4.78 is 11.1. The summed E-state index contributed by atoms with van der Waals surface area (Å²) in [5, 5.41) is 12.9. The van der Waals surface area contributed by atoms with E-state index in [9.17, 15) is 5.11 Å². The van der Waals surface area contributed by atoms with Crippen LogP contribution in [0.1, 0.15) is 46.0 Å². The Balaban J connectivity index is 2.04. The summed E-state index contributed by atoms with van der Waals surface area (Å²) in [4.78, 5) is 0. The molecule has 1 fully saturated rings. The van der Waals surface area contributed by atoms with E-state index in [4.69, 9.17) is 9.47 Å². The second-order valence-electron chi connectivity index (χ2n) is 5.88. The maximum absolute atomic E-state index is 9.46. The first-order valence-electron chi connectivity index (χ1n) is 7.71. The van der Waals surface area contributed by atoms with Crippen molar-refractivity contribution >= 4 is 0 Å². The van der Waals surface area contributed by atoms with Gasteiger partial charge in [-0.1, -0.05) is 6.92 Å². The number of hydrogen-bond acceptors (Lipinski definition) is 4. The van der Waals surface area contributed by atoms with Gasteiger partial charge in [-0.05, 0) is 51.5 Å². The molecule has 0 aromatic heterocycles. The number of aliphatic hydroxyl groups excluding tert-OH is 1. The van der Waals surface area contributed by atoms with Gasteiger partial charge in [0.2, 0.25) is 0 Å². The van der Waals surface area contributed by atoms with Crippen molar-refractivity contribution in [2.24, 2.45) is 5.92 Å². The third-order valence-corrected chi connectivity index (χ3v) is 3.86. The van der Waals surface area contributed by atoms with E-state index in [1.54, 1.807) is 0 Å². The van der Waals surface area contributed by atoms with Crippen molar-refractivity contribution in [1.82, 2.24) is 5.32 Å². The zero-order valence-corrected chi connectivity index (χ0v) is 12.6. The van der Waals surface area contributed by atoms with Gasteiger partial charge in [-0.2, -0.15) is 0 Å². The minimum Gasteiger partial charge on any atom is -0.394 e. The Bertz CT molecular complexity index is 219. The van der Waals surface area contributed by atoms with Gasteiger partial charge in [-0.25, -0.2) is 0 Å². The minimum absolute atomic E-state index is 0.155. The molecular weight excluding hydrogens is 242 g/mol. The quantitative estimate of drug-likeness (QED) is 0.597. The topological polar surface area (TPSA) is 50.7 Å². The summed E-state index contributed by atoms with van der Waals surface area (Å²) in [7, 11) is 0. The van der Waals surface area contributed by atoms with Crippen LogP contribution in [-0.4, -0.2) is 50.2 Å². The van der Waals surface area contributed by atoms with E-state index in [1.165, 1.54) is 0 Å². The van der Waals surface area contributed by atoms with E-state index in [0.29, 0.717) is 5.92 Å². The van der Waals surface area contributed by atoms with Crippen LogP contribution >= 0.6 is 0 Å². The van der Waals surface area contributed by atoms with E-state index in [-0.39, 0.29) is 12.1 Å². The van der Waals surface area contributed by atoms with Crippen LogP contribution < -0.4 is 5.32 Å². The number of aliphatic hydroxyl groups is 1. The molecule has 0 aliphatic carbocycles. The van der Waals surface area contributed by atoms with Crippen LogP contribution in [0.5, 0.6) is 0 Å². The number of rotatable bonds is 10. The largest absolute Gasteiger partial charge is 0.394 e. The lowest BCUT2D eigenvalue weighted by Gasteiger charge is -2.29. The second kappa shape index (κ2) is 9.70. The zero-order valence-electron chi connectivity index (χ0n) is 12.6. The predicted molar refractivity (Wildman–Crippen MR) is 77.4 cm³/mol. The molecule has 4 heteroatoms. The molecule has 0 aromatic carbocycles. The molecule has 4 nitrogen and oxygen atoms in total. The van der Waals surface area contributed by atoms with Crippen molar-refractivity contribution in [3.05, 3.63) is 0 Å². The van der Waals surface area contributed by atoms with E-state index < -0.39 is 0 Å². The van der Waals surface area contributed by atoms with Gasteiger partial charge in [-0.15, -0.1) is 0 Å². The third kappa shape index (κ3) is 7.25. The lowest BCUT2D eigenvalue weighted by atomic mass is 9.97. The molecule has 1 aliphatic heterocycles. The molecule has 0 spiro atoms. The van der Waals surface area contributed by atoms with E-state index in [0.717, 1.165) is 65.1 Å². The van der Waals surface area contributed by atoms with E-state index >= 15 is 0 Å². The Morgan fingerprint density at radius 1 is 1.37 bits per heavy atom. The molecular formula is C15H31NO3. The van der Waals surface area contributed by atoms with Crippen molar-refractivity contribution in [3.63, 3.8) is 0 Å². The second-order valence-corrected chi connectivity index (χ2v) is 5.88. The summed E-state index contributed by atoms with van der Waals surface area (Å²) in [6.07, 6.45) is 5.31. The molecule has 0 saturated carbocycles. The Kier molecular flexibility index (Phi) is 8.62. The molecule has 0 amide bonds. The van der Waals surface area contributed by atoms with Crippen molar-refractivity contribution in [2.75, 3.05) is 39.6 Å². The molecule has 114 valence electrons. The van der Waals surface area contributed by atoms with Gasteiger partial charge in [0.25, 0.3) is 0 Å². The Hall–Kier alpha value is -0.160. The molecule has 1 heterocycles. The number of hydrogen-bond donors (Lipinski definition) is 2. The number of nitrogens with one attached hydrogen (secondary N) is 1. The van der Waals surface area contributed by atoms with Gasteiger partial charge >= 0.3 is 0 Å². The molecule has 0 radical (unpaired) electrons. The normalized spacial score (nSPS) is 20.4. The summed E-state index contributed by atoms with van der Waals surface area (Å²) in [5.74, 6) is 0.677. The lowest BCUT2D eigenvalue weighted by molar-refractivity contribution is 0.0180. The molecule has 1 atom stereocenters. The van der Waals surface area contributed by atoms with Crippen molar-refractivity contribution in [2.45, 2.75) is 51.5 Å². The first-order valence-corrected chi connectivity index (χ1v) is 7.71. The fourth-order valence-electron chi connectivity index (χ4n) is 2.38. The maximum atomic E-state index is 9.46. The highest BCUT2D eigenvalue weighted by Crippen LogP contribution is 2.16. The Morgan fingerprint density at radius 2 is 2.11 bits per heavy atom. The smallest absolute Gasteiger partial charge is 0.0610 e. The highest BCUT2D eigenvalue weighted by atomic mass is 16.5. The summed E-state index contributed by atoms with van der Waals surface area (Å²) in [6.45, 7) is 8.80. The van der Waals surface area contributed by atoms with Crippen LogP contribution in [0.25, 0.3) is 0 Å². The summed E-state index contributed by atoms with van der Waals surface area (Å²) in [6, 6.07) is 0. The van der Waals surface area contributed by atoms with Gasteiger partial charge in [0.1, 0.15) is 0 Å². The molecule has 0 aromatic rings. The van der Waals surface area contributed by atoms with Crippen molar-refractivity contribution < 1.29 is 14.6 Å². The third-order valence-electron chi connectivity index (χ3n) is 3.86. The van der Waals surface area contributed by atoms with E-state index in [2.05, 4.69) is 19.2 Å². The summed E-state index contributed by atoms with van der Waals surface area (Å²) in [5.41, 5.74) is -0.155. The fourth-order valence-corrected chi connectivity index (χ4v) is 2.38. The predicted octanol–water partition coefficient (Wildman–Crippen LogP) is 1.96. The molecule has 2 N–H and O–H groups in total. The maximum Gasteiger partial charge on any atom is 0.0610 e. The minimum atomic E-state index is -0.155. The lowest BCUT2D eigenvalue weighted by Crippen LogP contribution is -2.46. The molecule has 1 rings (SSSR count). The molecule has 19 heavy (non-hydrogen) atoms. The number of ether oxygens (including phenoxy) is 2. The monoisotopic (exact) mass is 273 g/mol. The van der Waals surface area contributed by atoms with Crippen LogP contribution in [0, 0.1) is 5.92 Å². The average molecular weight is 273 g/mol. The van der Waals surface area contributed by atoms with Gasteiger partial charge in [-0.3, -0.25) is 0 Å². The van der Waals surface area contributed by atoms with Crippen LogP contribution in [0.4, 0.5) is 0 Å². The first-order chi connectivity index (χ1) is 9.20. The Morgan fingerprint density at radius 3 is 2.74 bits per heavy atom. The molecule has 1 aliphatic rings. The highest BCUT2D eigenvalue weighted by molar-refractivity contribution is 4.81. The fraction of sp³-hybridized carbons (Fsp3) is 1.00. The van der Waals surface area contributed by atoms with Gasteiger partial charge in [0.05, 0.1) is 6.61 Å². The zero-order chi connectivity index (χ0) is 14.0. The average Bonchev–Trinajstić information content (AvgIpc) is 2.46. The van der Waals surface area contributed by atoms with Crippen molar-refractivity contribution in [1.29, 1.82) is 0 Å². The summed E-state index contributed by atoms with van der Waals surface area (Å²) >= 11 is 0. The molecule has 1 saturated heterocycles. The van der Waals surface area contributed by atoms with Crippen LogP contribution in [0.3, 0.4) is 0 Å². The molecule has 0 bridgehead atoms. The standard InChI is InChI=1S/C15H31NO3/c1-3-8-16-15(2,13-17)7-4-9-19-12-14-5-10-18-11-6-14/h14,16-17H,3-13H2,1-2H3. The van der Waals surface area contributed by atoms with Crippen LogP contribution in [0.2, 0.25) is 0 Å². The SMILES string of the molecule is CCCNC(C)(CO)CCCOCC1CCOCC1. The van der Waals surface area contributed by atoms with Gasteiger partial charge < -0.3 is 19.9 Å². The van der Waals surface area contributed by atoms with Crippen LogP contribution in [0.15, 0.2) is 0 Å². The first kappa shape index (κ1) is 16.9. The van der Waals surface area contributed by atoms with Crippen LogP contribution in [-0.2, 0) is 9.47 Å². The van der Waals surface area contributed by atoms with Crippen molar-refractivity contribution in [3.8, 4) is 0 Å². The highest BCUT2D eigenvalue weighted by Gasteiger charge is 2.21. The molecule has 1 unspecified atom stereocenters. The Labute approximate surface area is 117 Å². The van der Waals surface area contributed by atoms with Gasteiger partial charge in [0.15, 0.2) is 0 Å².